The van der Waals surface area contributed by atoms with Crippen LogP contribution in [-0.4, -0.2) is 11.7 Å². The van der Waals surface area contributed by atoms with Crippen LogP contribution in [0.1, 0.15) is 34.1 Å². The van der Waals surface area contributed by atoms with Crippen LogP contribution in [0.25, 0.3) is 0 Å². The molecule has 0 saturated carbocycles. The van der Waals surface area contributed by atoms with Gasteiger partial charge in [0.1, 0.15) is 0 Å². The molecule has 0 aromatic rings. The third-order valence-electron chi connectivity index (χ3n) is 1.19. The van der Waals surface area contributed by atoms with E-state index in [2.05, 4.69) is 33.8 Å². The van der Waals surface area contributed by atoms with Gasteiger partial charge in [-0.15, -0.1) is 0 Å². The lowest BCUT2D eigenvalue weighted by Gasteiger charge is -2.13. The summed E-state index contributed by atoms with van der Waals surface area (Å²) < 4.78 is 0. The Morgan fingerprint density at radius 1 is 1.40 bits per heavy atom. The summed E-state index contributed by atoms with van der Waals surface area (Å²) in [6.07, 6.45) is 3.00. The predicted molar refractivity (Wildman–Crippen MR) is 44.9 cm³/mol. The van der Waals surface area contributed by atoms with E-state index in [4.69, 9.17) is 5.11 Å². The fourth-order valence-corrected chi connectivity index (χ4v) is 0.988. The van der Waals surface area contributed by atoms with Crippen LogP contribution in [0.5, 0.6) is 0 Å². The van der Waals surface area contributed by atoms with Crippen LogP contribution in [0.2, 0.25) is 0 Å². The van der Waals surface area contributed by atoms with Gasteiger partial charge in [0, 0.05) is 6.61 Å². The fraction of sp³-hybridized carbons (Fsp3) is 0.778. The zero-order valence-corrected chi connectivity index (χ0v) is 7.44. The number of aliphatic hydroxyl groups is 1. The van der Waals surface area contributed by atoms with E-state index in [-0.39, 0.29) is 12.0 Å². The van der Waals surface area contributed by atoms with Crippen molar-refractivity contribution in [2.75, 3.05) is 6.61 Å². The van der Waals surface area contributed by atoms with Gasteiger partial charge in [0.05, 0.1) is 0 Å². The fourth-order valence-electron chi connectivity index (χ4n) is 0.988. The van der Waals surface area contributed by atoms with E-state index in [1.165, 1.54) is 5.57 Å². The second kappa shape index (κ2) is 3.77. The average molecular weight is 142 g/mol. The molecule has 0 fully saturated rings. The number of allylic oxidation sites excluding steroid dienone is 1. The molecule has 0 amide bonds. The molecule has 1 heteroatoms. The second-order valence-electron chi connectivity index (χ2n) is 3.83. The van der Waals surface area contributed by atoms with E-state index in [9.17, 15) is 0 Å². The smallest absolute Gasteiger partial charge is 0.0468 e. The molecule has 0 heterocycles. The Hall–Kier alpha value is -0.300. The summed E-state index contributed by atoms with van der Waals surface area (Å²) in [6.45, 7) is 8.80. The van der Waals surface area contributed by atoms with Crippen molar-refractivity contribution >= 4 is 0 Å². The molecule has 0 atom stereocenters. The molecular weight excluding hydrogens is 124 g/mol. The van der Waals surface area contributed by atoms with Gasteiger partial charge in [-0.05, 0) is 18.8 Å². The molecule has 0 saturated heterocycles. The Balaban J connectivity index is 3.90. The van der Waals surface area contributed by atoms with E-state index in [1.807, 2.05) is 0 Å². The summed E-state index contributed by atoms with van der Waals surface area (Å²) in [5, 5.41) is 8.59. The normalized spacial score (nSPS) is 13.9. The van der Waals surface area contributed by atoms with Gasteiger partial charge in [-0.3, -0.25) is 0 Å². The highest BCUT2D eigenvalue weighted by Gasteiger charge is 2.05. The van der Waals surface area contributed by atoms with Gasteiger partial charge in [0.15, 0.2) is 0 Å². The zero-order valence-electron chi connectivity index (χ0n) is 7.44. The van der Waals surface area contributed by atoms with Gasteiger partial charge in [0.25, 0.3) is 0 Å². The number of rotatable bonds is 2. The van der Waals surface area contributed by atoms with Crippen molar-refractivity contribution in [3.63, 3.8) is 0 Å². The molecule has 0 bridgehead atoms. The molecule has 0 aliphatic carbocycles. The number of hydrogen-bond donors (Lipinski definition) is 1. The van der Waals surface area contributed by atoms with Gasteiger partial charge >= 0.3 is 0 Å². The van der Waals surface area contributed by atoms with Crippen molar-refractivity contribution in [2.24, 2.45) is 5.41 Å². The minimum atomic E-state index is 0.249. The predicted octanol–water partition coefficient (Wildman–Crippen LogP) is 2.36. The molecule has 60 valence electrons. The molecule has 1 nitrogen and oxygen atoms in total. The standard InChI is InChI=1S/C9H18O/c1-8(5-6-10)7-9(2,3)4/h7,10H,5-6H2,1-4H3. The van der Waals surface area contributed by atoms with E-state index >= 15 is 0 Å². The van der Waals surface area contributed by atoms with Gasteiger partial charge in [0.2, 0.25) is 0 Å². The molecule has 0 radical (unpaired) electrons. The van der Waals surface area contributed by atoms with E-state index in [0.29, 0.717) is 0 Å². The van der Waals surface area contributed by atoms with Gasteiger partial charge in [-0.1, -0.05) is 32.4 Å². The van der Waals surface area contributed by atoms with Crippen LogP contribution in [-0.2, 0) is 0 Å². The summed E-state index contributed by atoms with van der Waals surface area (Å²) in [6, 6.07) is 0. The topological polar surface area (TPSA) is 20.2 Å². The maximum atomic E-state index is 8.59. The molecule has 0 rings (SSSR count). The molecule has 1 N–H and O–H groups in total. The molecular formula is C9H18O. The first-order chi connectivity index (χ1) is 4.45. The molecule has 10 heavy (non-hydrogen) atoms. The Kier molecular flexibility index (Phi) is 3.66. The number of aliphatic hydroxyl groups excluding tert-OH is 1. The van der Waals surface area contributed by atoms with Crippen LogP contribution in [0, 0.1) is 5.41 Å². The quantitative estimate of drug-likeness (QED) is 0.587. The first kappa shape index (κ1) is 9.70. The summed E-state index contributed by atoms with van der Waals surface area (Å²) in [5.41, 5.74) is 1.52. The van der Waals surface area contributed by atoms with Crippen molar-refractivity contribution < 1.29 is 5.11 Å². The van der Waals surface area contributed by atoms with Crippen LogP contribution in [0.3, 0.4) is 0 Å². The van der Waals surface area contributed by atoms with E-state index in [1.54, 1.807) is 0 Å². The van der Waals surface area contributed by atoms with Gasteiger partial charge in [-0.2, -0.15) is 0 Å². The lowest BCUT2D eigenvalue weighted by Crippen LogP contribution is -2.01. The molecule has 0 aromatic heterocycles. The zero-order chi connectivity index (χ0) is 8.20. The lowest BCUT2D eigenvalue weighted by atomic mass is 9.93. The largest absolute Gasteiger partial charge is 0.396 e. The highest BCUT2D eigenvalue weighted by atomic mass is 16.2. The third kappa shape index (κ3) is 5.83. The minimum Gasteiger partial charge on any atom is -0.396 e. The third-order valence-corrected chi connectivity index (χ3v) is 1.19. The van der Waals surface area contributed by atoms with Crippen molar-refractivity contribution in [2.45, 2.75) is 34.1 Å². The first-order valence-electron chi connectivity index (χ1n) is 3.75. The number of hydrogen-bond acceptors (Lipinski definition) is 1. The van der Waals surface area contributed by atoms with Crippen LogP contribution in [0.4, 0.5) is 0 Å². The van der Waals surface area contributed by atoms with E-state index < -0.39 is 0 Å². The second-order valence-corrected chi connectivity index (χ2v) is 3.83. The highest BCUT2D eigenvalue weighted by molar-refractivity contribution is 5.03. The molecule has 0 aromatic carbocycles. The monoisotopic (exact) mass is 142 g/mol. The SMILES string of the molecule is CC(=CC(C)(C)C)CCO. The van der Waals surface area contributed by atoms with Crippen LogP contribution in [0.15, 0.2) is 11.6 Å². The van der Waals surface area contributed by atoms with Gasteiger partial charge in [-0.25, -0.2) is 0 Å². The van der Waals surface area contributed by atoms with Crippen molar-refractivity contribution in [1.82, 2.24) is 0 Å². The summed E-state index contributed by atoms with van der Waals surface area (Å²) >= 11 is 0. The minimum absolute atomic E-state index is 0.249. The van der Waals surface area contributed by atoms with Gasteiger partial charge < -0.3 is 5.11 Å². The van der Waals surface area contributed by atoms with Crippen LogP contribution < -0.4 is 0 Å². The highest BCUT2D eigenvalue weighted by Crippen LogP contribution is 2.18. The average Bonchev–Trinajstić information content (AvgIpc) is 1.59. The van der Waals surface area contributed by atoms with Crippen molar-refractivity contribution in [3.8, 4) is 0 Å². The van der Waals surface area contributed by atoms with Crippen molar-refractivity contribution in [1.29, 1.82) is 0 Å². The summed E-state index contributed by atoms with van der Waals surface area (Å²) in [5.74, 6) is 0. The maximum Gasteiger partial charge on any atom is 0.0468 e. The Bertz CT molecular complexity index is 117. The van der Waals surface area contributed by atoms with E-state index in [0.717, 1.165) is 6.42 Å². The molecule has 0 unspecified atom stereocenters. The molecule has 0 spiro atoms. The lowest BCUT2D eigenvalue weighted by molar-refractivity contribution is 0.298. The molecule has 0 aliphatic rings. The van der Waals surface area contributed by atoms with Crippen molar-refractivity contribution in [3.05, 3.63) is 11.6 Å². The Morgan fingerprint density at radius 2 is 1.90 bits per heavy atom. The maximum absolute atomic E-state index is 8.59. The Labute approximate surface area is 63.8 Å². The summed E-state index contributed by atoms with van der Waals surface area (Å²) in [7, 11) is 0. The first-order valence-corrected chi connectivity index (χ1v) is 3.75. The van der Waals surface area contributed by atoms with Crippen LogP contribution >= 0.6 is 0 Å². The molecule has 0 aliphatic heterocycles. The Morgan fingerprint density at radius 3 is 2.20 bits per heavy atom. The summed E-state index contributed by atoms with van der Waals surface area (Å²) in [4.78, 5) is 0.